The standard InChI is InChI=1S/C16H17FN2O2S/c17-13-5-1-4-12(10-13)11-15(20)18-7-3-8-19-16(21)14-6-2-9-22-14/h1-2,4-6,9-10H,3,7-8,11H2,(H,18,20)(H,19,21). The molecule has 0 unspecified atom stereocenters. The second-order valence-electron chi connectivity index (χ2n) is 4.74. The van der Waals surface area contributed by atoms with E-state index in [1.54, 1.807) is 18.2 Å². The number of carbonyl (C=O) groups excluding carboxylic acids is 2. The van der Waals surface area contributed by atoms with Gasteiger partial charge in [0.2, 0.25) is 5.91 Å². The molecule has 22 heavy (non-hydrogen) atoms. The Bertz CT molecular complexity index is 629. The van der Waals surface area contributed by atoms with Crippen LogP contribution in [-0.2, 0) is 11.2 Å². The molecular weight excluding hydrogens is 303 g/mol. The van der Waals surface area contributed by atoms with Crippen LogP contribution in [0, 0.1) is 5.82 Å². The van der Waals surface area contributed by atoms with E-state index in [0.29, 0.717) is 30.0 Å². The Morgan fingerprint density at radius 3 is 2.64 bits per heavy atom. The molecule has 1 aromatic heterocycles. The van der Waals surface area contributed by atoms with Crippen molar-refractivity contribution in [1.82, 2.24) is 10.6 Å². The minimum absolute atomic E-state index is 0.0962. The van der Waals surface area contributed by atoms with Crippen LogP contribution < -0.4 is 10.6 Å². The maximum Gasteiger partial charge on any atom is 0.261 e. The van der Waals surface area contributed by atoms with Gasteiger partial charge in [0.05, 0.1) is 11.3 Å². The molecule has 0 radical (unpaired) electrons. The molecule has 0 aliphatic rings. The second-order valence-corrected chi connectivity index (χ2v) is 5.69. The van der Waals surface area contributed by atoms with Crippen LogP contribution in [0.4, 0.5) is 4.39 Å². The molecule has 0 saturated carbocycles. The summed E-state index contributed by atoms with van der Waals surface area (Å²) in [5, 5.41) is 7.38. The van der Waals surface area contributed by atoms with Gasteiger partial charge in [-0.15, -0.1) is 11.3 Å². The van der Waals surface area contributed by atoms with Crippen LogP contribution in [-0.4, -0.2) is 24.9 Å². The Labute approximate surface area is 132 Å². The maximum atomic E-state index is 13.0. The molecule has 2 N–H and O–H groups in total. The third-order valence-corrected chi connectivity index (χ3v) is 3.83. The fourth-order valence-electron chi connectivity index (χ4n) is 1.91. The minimum Gasteiger partial charge on any atom is -0.356 e. The molecule has 0 saturated heterocycles. The summed E-state index contributed by atoms with van der Waals surface area (Å²) < 4.78 is 13.0. The van der Waals surface area contributed by atoms with Crippen molar-refractivity contribution in [3.63, 3.8) is 0 Å². The highest BCUT2D eigenvalue weighted by Crippen LogP contribution is 2.07. The van der Waals surface area contributed by atoms with Crippen molar-refractivity contribution < 1.29 is 14.0 Å². The molecular formula is C16H17FN2O2S. The van der Waals surface area contributed by atoms with Gasteiger partial charge in [-0.3, -0.25) is 9.59 Å². The Morgan fingerprint density at radius 1 is 1.09 bits per heavy atom. The number of hydrogen-bond donors (Lipinski definition) is 2. The molecule has 0 fully saturated rings. The Morgan fingerprint density at radius 2 is 1.91 bits per heavy atom. The lowest BCUT2D eigenvalue weighted by Gasteiger charge is -2.06. The fraction of sp³-hybridized carbons (Fsp3) is 0.250. The first kappa shape index (κ1) is 16.2. The van der Waals surface area contributed by atoms with Crippen LogP contribution in [0.1, 0.15) is 21.7 Å². The second kappa shape index (κ2) is 8.29. The molecule has 0 atom stereocenters. The number of rotatable bonds is 7. The molecule has 0 aliphatic carbocycles. The summed E-state index contributed by atoms with van der Waals surface area (Å²) in [6, 6.07) is 9.58. The van der Waals surface area contributed by atoms with Gasteiger partial charge < -0.3 is 10.6 Å². The summed E-state index contributed by atoms with van der Waals surface area (Å²) in [7, 11) is 0. The molecule has 1 aromatic carbocycles. The summed E-state index contributed by atoms with van der Waals surface area (Å²) in [5.41, 5.74) is 0.642. The highest BCUT2D eigenvalue weighted by atomic mass is 32.1. The molecule has 1 heterocycles. The monoisotopic (exact) mass is 320 g/mol. The van der Waals surface area contributed by atoms with E-state index in [2.05, 4.69) is 10.6 Å². The minimum atomic E-state index is -0.346. The molecule has 0 spiro atoms. The third kappa shape index (κ3) is 5.29. The van der Waals surface area contributed by atoms with E-state index in [0.717, 1.165) is 0 Å². The van der Waals surface area contributed by atoms with E-state index in [9.17, 15) is 14.0 Å². The van der Waals surface area contributed by atoms with Crippen LogP contribution in [0.5, 0.6) is 0 Å². The molecule has 2 rings (SSSR count). The Hall–Kier alpha value is -2.21. The van der Waals surface area contributed by atoms with E-state index < -0.39 is 0 Å². The first-order chi connectivity index (χ1) is 10.6. The summed E-state index contributed by atoms with van der Waals surface area (Å²) in [4.78, 5) is 24.0. The van der Waals surface area contributed by atoms with Crippen LogP contribution in [0.2, 0.25) is 0 Å². The number of benzene rings is 1. The van der Waals surface area contributed by atoms with Crippen molar-refractivity contribution in [2.45, 2.75) is 12.8 Å². The number of carbonyl (C=O) groups is 2. The van der Waals surface area contributed by atoms with E-state index in [-0.39, 0.29) is 24.1 Å². The van der Waals surface area contributed by atoms with Crippen molar-refractivity contribution in [1.29, 1.82) is 0 Å². The third-order valence-electron chi connectivity index (χ3n) is 2.96. The van der Waals surface area contributed by atoms with Gasteiger partial charge in [0.1, 0.15) is 5.82 Å². The first-order valence-corrected chi connectivity index (χ1v) is 7.86. The van der Waals surface area contributed by atoms with E-state index in [1.165, 1.54) is 23.5 Å². The average molecular weight is 320 g/mol. The zero-order chi connectivity index (χ0) is 15.8. The average Bonchev–Trinajstić information content (AvgIpc) is 3.01. The molecule has 0 aliphatic heterocycles. The fourth-order valence-corrected chi connectivity index (χ4v) is 2.55. The molecule has 4 nitrogen and oxygen atoms in total. The predicted molar refractivity (Wildman–Crippen MR) is 84.4 cm³/mol. The molecule has 2 amide bonds. The quantitative estimate of drug-likeness (QED) is 0.770. The smallest absolute Gasteiger partial charge is 0.261 e. The van der Waals surface area contributed by atoms with Gasteiger partial charge >= 0.3 is 0 Å². The van der Waals surface area contributed by atoms with Gasteiger partial charge in [-0.2, -0.15) is 0 Å². The van der Waals surface area contributed by atoms with Crippen molar-refractivity contribution in [3.05, 3.63) is 58.0 Å². The summed E-state index contributed by atoms with van der Waals surface area (Å²) in [6.45, 7) is 0.968. The zero-order valence-corrected chi connectivity index (χ0v) is 12.8. The lowest BCUT2D eigenvalue weighted by atomic mass is 10.1. The molecule has 6 heteroatoms. The van der Waals surface area contributed by atoms with E-state index in [4.69, 9.17) is 0 Å². The van der Waals surface area contributed by atoms with Crippen molar-refractivity contribution in [2.24, 2.45) is 0 Å². The SMILES string of the molecule is O=C(Cc1cccc(F)c1)NCCCNC(=O)c1cccs1. The van der Waals surface area contributed by atoms with Crippen molar-refractivity contribution >= 4 is 23.2 Å². The Kier molecular flexibility index (Phi) is 6.09. The van der Waals surface area contributed by atoms with Gasteiger partial charge in [-0.25, -0.2) is 4.39 Å². The van der Waals surface area contributed by atoms with E-state index in [1.807, 2.05) is 11.4 Å². The number of thiophene rings is 1. The largest absolute Gasteiger partial charge is 0.356 e. The van der Waals surface area contributed by atoms with Gasteiger partial charge in [-0.1, -0.05) is 18.2 Å². The van der Waals surface area contributed by atoms with Crippen molar-refractivity contribution in [3.8, 4) is 0 Å². The number of nitrogens with one attached hydrogen (secondary N) is 2. The van der Waals surface area contributed by atoms with Crippen molar-refractivity contribution in [2.75, 3.05) is 13.1 Å². The highest BCUT2D eigenvalue weighted by Gasteiger charge is 2.06. The molecule has 116 valence electrons. The lowest BCUT2D eigenvalue weighted by Crippen LogP contribution is -2.30. The number of halogens is 1. The summed E-state index contributed by atoms with van der Waals surface area (Å²) in [5.74, 6) is -0.599. The maximum absolute atomic E-state index is 13.0. The van der Waals surface area contributed by atoms with E-state index >= 15 is 0 Å². The predicted octanol–water partition coefficient (Wildman–Crippen LogP) is 2.37. The molecule has 2 aromatic rings. The van der Waals surface area contributed by atoms with Gasteiger partial charge in [0, 0.05) is 13.1 Å². The lowest BCUT2D eigenvalue weighted by molar-refractivity contribution is -0.120. The number of amides is 2. The summed E-state index contributed by atoms with van der Waals surface area (Å²) >= 11 is 1.39. The van der Waals surface area contributed by atoms with Gasteiger partial charge in [0.25, 0.3) is 5.91 Å². The Balaban J connectivity index is 1.60. The van der Waals surface area contributed by atoms with Gasteiger partial charge in [0.15, 0.2) is 0 Å². The normalized spacial score (nSPS) is 10.2. The topological polar surface area (TPSA) is 58.2 Å². The van der Waals surface area contributed by atoms with Crippen LogP contribution in [0.25, 0.3) is 0 Å². The first-order valence-electron chi connectivity index (χ1n) is 6.98. The van der Waals surface area contributed by atoms with Crippen LogP contribution >= 0.6 is 11.3 Å². The summed E-state index contributed by atoms with van der Waals surface area (Å²) in [6.07, 6.45) is 0.797. The zero-order valence-electron chi connectivity index (χ0n) is 12.0. The van der Waals surface area contributed by atoms with Gasteiger partial charge in [-0.05, 0) is 35.6 Å². The van der Waals surface area contributed by atoms with Crippen LogP contribution in [0.3, 0.4) is 0 Å². The molecule has 0 bridgehead atoms. The number of hydrogen-bond acceptors (Lipinski definition) is 3. The van der Waals surface area contributed by atoms with Crippen LogP contribution in [0.15, 0.2) is 41.8 Å². The highest BCUT2D eigenvalue weighted by molar-refractivity contribution is 7.12.